The summed E-state index contributed by atoms with van der Waals surface area (Å²) < 4.78 is 0. The van der Waals surface area contributed by atoms with Gasteiger partial charge in [0.2, 0.25) is 0 Å². The number of aromatic carboxylic acids is 1. The van der Waals surface area contributed by atoms with Crippen molar-refractivity contribution in [3.8, 4) is 5.75 Å². The van der Waals surface area contributed by atoms with E-state index in [9.17, 15) is 4.79 Å². The van der Waals surface area contributed by atoms with Crippen LogP contribution in [0.25, 0.3) is 0 Å². The lowest BCUT2D eigenvalue weighted by Gasteiger charge is -2.00. The molecule has 0 unspecified atom stereocenters. The maximum absolute atomic E-state index is 10.4. The van der Waals surface area contributed by atoms with Crippen LogP contribution in [0.4, 0.5) is 5.69 Å². The standard InChI is InChI=1S/C7H7NO3.ClH/c8-6-4(7(10)11)2-1-3-5(6)9;/h1-3,9H,8H2,(H,10,11);1H/i1+1,2+1,3+1,4+1,5+1,6+1;. The molecule has 0 atom stereocenters. The van der Waals surface area contributed by atoms with E-state index in [0.717, 1.165) is 0 Å². The highest BCUT2D eigenvalue weighted by atomic mass is 35.5. The summed E-state index contributed by atoms with van der Waals surface area (Å²) in [4.78, 5) is 10.4. The zero-order valence-electron chi connectivity index (χ0n) is 6.02. The molecule has 0 heterocycles. The molecule has 1 aromatic rings. The maximum Gasteiger partial charge on any atom is 0.337 e. The molecule has 5 heteroatoms. The van der Waals surface area contributed by atoms with E-state index in [1.165, 1.54) is 18.2 Å². The van der Waals surface area contributed by atoms with Crippen LogP contribution in [0.1, 0.15) is 10.4 Å². The molecule has 4 nitrogen and oxygen atoms in total. The molecule has 12 heavy (non-hydrogen) atoms. The fraction of sp³-hybridized carbons (Fsp3) is 0. The minimum atomic E-state index is -1.14. The lowest BCUT2D eigenvalue weighted by molar-refractivity contribution is 0.0697. The highest BCUT2D eigenvalue weighted by Crippen LogP contribution is 2.22. The Morgan fingerprint density at radius 1 is 1.42 bits per heavy atom. The third kappa shape index (κ3) is 1.79. The second kappa shape index (κ2) is 3.82. The molecule has 0 fully saturated rings. The molecule has 0 bridgehead atoms. The first kappa shape index (κ1) is 10.6. The zero-order chi connectivity index (χ0) is 8.43. The number of halogens is 1. The number of carboxylic acids is 1. The molecule has 66 valence electrons. The first-order valence-electron chi connectivity index (χ1n) is 2.93. The van der Waals surface area contributed by atoms with Gasteiger partial charge in [-0.25, -0.2) is 4.79 Å². The van der Waals surface area contributed by atoms with Crippen LogP contribution in [0, 0.1) is 0 Å². The number of nitrogen functional groups attached to an aromatic ring is 1. The van der Waals surface area contributed by atoms with Gasteiger partial charge in [0.15, 0.2) is 0 Å². The number of hydrogen-bond acceptors (Lipinski definition) is 3. The first-order chi connectivity index (χ1) is 5.13. The summed E-state index contributed by atoms with van der Waals surface area (Å²) in [5, 5.41) is 17.5. The molecule has 0 aliphatic carbocycles. The van der Waals surface area contributed by atoms with Crippen LogP contribution in [0.5, 0.6) is 5.75 Å². The summed E-state index contributed by atoms with van der Waals surface area (Å²) in [6.07, 6.45) is 0. The number of benzene rings is 1. The summed E-state index contributed by atoms with van der Waals surface area (Å²) >= 11 is 0. The predicted molar refractivity (Wildman–Crippen MR) is 46.7 cm³/mol. The number of para-hydroxylation sites is 1. The number of carboxylic acid groups (broad SMARTS) is 1. The molecule has 0 radical (unpaired) electrons. The molecule has 0 saturated carbocycles. The summed E-state index contributed by atoms with van der Waals surface area (Å²) in [6, 6.07) is 4.09. The fourth-order valence-corrected chi connectivity index (χ4v) is 0.740. The van der Waals surface area contributed by atoms with Gasteiger partial charge >= 0.3 is 5.97 Å². The van der Waals surface area contributed by atoms with Crippen LogP contribution in [0.3, 0.4) is 0 Å². The van der Waals surface area contributed by atoms with Gasteiger partial charge in [-0.2, -0.15) is 0 Å². The summed E-state index contributed by atoms with van der Waals surface area (Å²) in [6.45, 7) is 0. The second-order valence-corrected chi connectivity index (χ2v) is 2.04. The van der Waals surface area contributed by atoms with Crippen molar-refractivity contribution in [2.24, 2.45) is 0 Å². The third-order valence-electron chi connectivity index (χ3n) is 1.31. The Bertz CT molecular complexity index is 301. The minimum Gasteiger partial charge on any atom is -0.506 e. The monoisotopic (exact) mass is 195 g/mol. The number of phenols is 1. The van der Waals surface area contributed by atoms with Crippen LogP contribution in [0.2, 0.25) is 0 Å². The van der Waals surface area contributed by atoms with E-state index in [-0.39, 0.29) is 29.4 Å². The molecule has 1 aromatic carbocycles. The normalized spacial score (nSPS) is 8.67. The second-order valence-electron chi connectivity index (χ2n) is 2.04. The van der Waals surface area contributed by atoms with E-state index < -0.39 is 5.97 Å². The quantitative estimate of drug-likeness (QED) is 0.463. The van der Waals surface area contributed by atoms with E-state index in [2.05, 4.69) is 0 Å². The number of hydrogen-bond donors (Lipinski definition) is 3. The van der Waals surface area contributed by atoms with E-state index in [1.807, 2.05) is 0 Å². The van der Waals surface area contributed by atoms with Crippen molar-refractivity contribution in [3.05, 3.63) is 23.8 Å². The average Bonchev–Trinajstić information content (AvgIpc) is 1.94. The van der Waals surface area contributed by atoms with Gasteiger partial charge in [0.1, 0.15) is 5.75 Å². The molecule has 0 saturated heterocycles. The Kier molecular flexibility index (Phi) is 3.37. The number of carbonyl (C=O) groups is 1. The Hall–Kier alpha value is -1.42. The molecule has 0 aromatic heterocycles. The van der Waals surface area contributed by atoms with Gasteiger partial charge in [0.05, 0.1) is 11.3 Å². The minimum absolute atomic E-state index is 0. The van der Waals surface area contributed by atoms with Gasteiger partial charge in [-0.1, -0.05) is 6.07 Å². The Labute approximate surface area is 75.0 Å². The topological polar surface area (TPSA) is 83.5 Å². The van der Waals surface area contributed by atoms with Crippen LogP contribution >= 0.6 is 12.4 Å². The lowest BCUT2D eigenvalue weighted by atomic mass is 10.9. The average molecular weight is 196 g/mol. The van der Waals surface area contributed by atoms with Crippen LogP contribution in [-0.4, -0.2) is 16.2 Å². The van der Waals surface area contributed by atoms with Crippen molar-refractivity contribution in [2.75, 3.05) is 5.73 Å². The van der Waals surface area contributed by atoms with Gasteiger partial charge < -0.3 is 15.9 Å². The van der Waals surface area contributed by atoms with Gasteiger partial charge in [-0.05, 0) is 12.1 Å². The smallest absolute Gasteiger partial charge is 0.337 e. The Morgan fingerprint density at radius 2 is 2.00 bits per heavy atom. The van der Waals surface area contributed by atoms with Gasteiger partial charge in [0.25, 0.3) is 0 Å². The predicted octanol–water partition coefficient (Wildman–Crippen LogP) is 1.09. The van der Waals surface area contributed by atoms with Crippen molar-refractivity contribution in [1.82, 2.24) is 0 Å². The molecule has 0 spiro atoms. The van der Waals surface area contributed by atoms with Crippen LogP contribution in [-0.2, 0) is 0 Å². The van der Waals surface area contributed by atoms with Crippen LogP contribution in [0.15, 0.2) is 18.2 Å². The SMILES string of the molecule is Cl.N[13c]1[13c](O)[13cH][13cH][13cH][13c]1C(=O)O. The van der Waals surface area contributed by atoms with Gasteiger partial charge in [0, 0.05) is 0 Å². The van der Waals surface area contributed by atoms with Crippen molar-refractivity contribution < 1.29 is 15.0 Å². The molecule has 0 aliphatic heterocycles. The summed E-state index contributed by atoms with van der Waals surface area (Å²) in [7, 11) is 0. The summed E-state index contributed by atoms with van der Waals surface area (Å²) in [5.41, 5.74) is 5.08. The fourth-order valence-electron chi connectivity index (χ4n) is 0.740. The van der Waals surface area contributed by atoms with Gasteiger partial charge in [-0.3, -0.25) is 0 Å². The van der Waals surface area contributed by atoms with E-state index in [1.54, 1.807) is 0 Å². The van der Waals surface area contributed by atoms with E-state index in [4.69, 9.17) is 15.9 Å². The molecule has 0 amide bonds. The largest absolute Gasteiger partial charge is 0.506 e. The molecule has 1 rings (SSSR count). The van der Waals surface area contributed by atoms with Crippen LogP contribution < -0.4 is 5.73 Å². The third-order valence-corrected chi connectivity index (χ3v) is 1.31. The Balaban J connectivity index is 0.00000121. The lowest BCUT2D eigenvalue weighted by Crippen LogP contribution is -2.01. The highest BCUT2D eigenvalue weighted by molar-refractivity contribution is 5.95. The van der Waals surface area contributed by atoms with E-state index in [0.29, 0.717) is 0 Å². The summed E-state index contributed by atoms with van der Waals surface area (Å²) in [5.74, 6) is -1.34. The number of rotatable bonds is 1. The van der Waals surface area contributed by atoms with Crippen molar-refractivity contribution in [1.29, 1.82) is 0 Å². The van der Waals surface area contributed by atoms with E-state index >= 15 is 0 Å². The number of phenolic OH excluding ortho intramolecular Hbond substituents is 1. The molecule has 4 N–H and O–H groups in total. The highest BCUT2D eigenvalue weighted by Gasteiger charge is 2.09. The molecule has 0 aliphatic rings. The molecular weight excluding hydrogens is 187 g/mol. The van der Waals surface area contributed by atoms with Gasteiger partial charge in [-0.15, -0.1) is 12.4 Å². The Morgan fingerprint density at radius 3 is 2.42 bits per heavy atom. The number of nitrogens with two attached hydrogens (primary N) is 1. The zero-order valence-corrected chi connectivity index (χ0v) is 6.84. The molecular formula is C7H8ClNO3. The number of anilines is 1. The maximum atomic E-state index is 10.4. The number of aromatic hydroxyl groups is 1. The van der Waals surface area contributed by atoms with Crippen molar-refractivity contribution >= 4 is 24.1 Å². The van der Waals surface area contributed by atoms with Crippen molar-refractivity contribution in [3.63, 3.8) is 0 Å². The first-order valence-corrected chi connectivity index (χ1v) is 2.93. The van der Waals surface area contributed by atoms with Crippen molar-refractivity contribution in [2.45, 2.75) is 0 Å².